The maximum Gasteiger partial charge on any atom is 0.508 e. The molecule has 8 atom stereocenters. The molecule has 4 aliphatic carbocycles. The SMILES string of the molecule is CC(C)CCC[C@@H](C)[C@H]1CC[C@H]2[C@@H]3CC=C4CC(ONCCOC(=O)C5(C)COC(=O)OC5)CC[C@]4(C)[C@H]3CC[C@]12C. The average Bonchev–Trinajstić information content (AvgIpc) is 3.31. The summed E-state index contributed by atoms with van der Waals surface area (Å²) in [7, 11) is 0. The van der Waals surface area contributed by atoms with Crippen LogP contribution in [0.5, 0.6) is 0 Å². The summed E-state index contributed by atoms with van der Waals surface area (Å²) >= 11 is 0. The zero-order valence-electron chi connectivity index (χ0n) is 27.2. The van der Waals surface area contributed by atoms with Gasteiger partial charge in [-0.1, -0.05) is 65.5 Å². The second kappa shape index (κ2) is 12.8. The van der Waals surface area contributed by atoms with Crippen molar-refractivity contribution in [1.29, 1.82) is 0 Å². The number of hydrogen-bond donors (Lipinski definition) is 1. The van der Waals surface area contributed by atoms with Crippen LogP contribution in [0.4, 0.5) is 4.79 Å². The van der Waals surface area contributed by atoms with Gasteiger partial charge in [-0.15, -0.1) is 0 Å². The number of rotatable bonds is 11. The molecule has 5 rings (SSSR count). The summed E-state index contributed by atoms with van der Waals surface area (Å²) < 4.78 is 15.1. The van der Waals surface area contributed by atoms with Crippen molar-refractivity contribution < 1.29 is 28.6 Å². The maximum absolute atomic E-state index is 12.4. The van der Waals surface area contributed by atoms with Gasteiger partial charge in [0.2, 0.25) is 0 Å². The van der Waals surface area contributed by atoms with Crippen molar-refractivity contribution in [2.45, 2.75) is 118 Å². The van der Waals surface area contributed by atoms with E-state index in [1.165, 1.54) is 57.8 Å². The van der Waals surface area contributed by atoms with E-state index in [2.05, 4.69) is 46.2 Å². The highest BCUT2D eigenvalue weighted by molar-refractivity contribution is 5.78. The normalized spacial score (nSPS) is 37.9. The summed E-state index contributed by atoms with van der Waals surface area (Å²) in [5.74, 6) is 4.69. The Morgan fingerprint density at radius 1 is 1.02 bits per heavy atom. The molecule has 0 aromatic heterocycles. The van der Waals surface area contributed by atoms with Crippen LogP contribution in [-0.2, 0) is 23.8 Å². The van der Waals surface area contributed by atoms with Gasteiger partial charge in [0.05, 0.1) is 12.6 Å². The fraction of sp³-hybridized carbons (Fsp3) is 0.886. The van der Waals surface area contributed by atoms with Crippen molar-refractivity contribution in [3.05, 3.63) is 11.6 Å². The fourth-order valence-corrected chi connectivity index (χ4v) is 9.93. The lowest BCUT2D eigenvalue weighted by molar-refractivity contribution is -0.166. The Bertz CT molecular complexity index is 999. The second-order valence-electron chi connectivity index (χ2n) is 15.7. The first kappa shape index (κ1) is 31.8. The molecule has 7 nitrogen and oxygen atoms in total. The number of fused-ring (bicyclic) bond motifs is 5. The van der Waals surface area contributed by atoms with Crippen molar-refractivity contribution in [2.24, 2.45) is 51.8 Å². The number of carbonyl (C=O) groups excluding carboxylic acids is 2. The van der Waals surface area contributed by atoms with Crippen LogP contribution in [0.2, 0.25) is 0 Å². The first-order valence-corrected chi connectivity index (χ1v) is 17.0. The highest BCUT2D eigenvalue weighted by Crippen LogP contribution is 2.67. The third kappa shape index (κ3) is 6.29. The molecule has 0 spiro atoms. The van der Waals surface area contributed by atoms with E-state index in [1.807, 2.05) is 0 Å². The third-order valence-corrected chi connectivity index (χ3v) is 12.5. The lowest BCUT2D eigenvalue weighted by Crippen LogP contribution is -2.51. The van der Waals surface area contributed by atoms with Gasteiger partial charge in [-0.3, -0.25) is 9.63 Å². The highest BCUT2D eigenvalue weighted by atomic mass is 16.7. The first-order valence-electron chi connectivity index (χ1n) is 17.0. The Balaban J connectivity index is 1.09. The molecule has 1 aliphatic heterocycles. The number of carbonyl (C=O) groups is 2. The van der Waals surface area contributed by atoms with E-state index in [0.29, 0.717) is 17.4 Å². The van der Waals surface area contributed by atoms with Crippen LogP contribution in [-0.4, -0.2) is 44.6 Å². The Morgan fingerprint density at radius 3 is 2.52 bits per heavy atom. The predicted molar refractivity (Wildman–Crippen MR) is 162 cm³/mol. The van der Waals surface area contributed by atoms with Crippen LogP contribution in [0.15, 0.2) is 11.6 Å². The van der Waals surface area contributed by atoms with Crippen LogP contribution >= 0.6 is 0 Å². The predicted octanol–water partition coefficient (Wildman–Crippen LogP) is 7.63. The average molecular weight is 588 g/mol. The summed E-state index contributed by atoms with van der Waals surface area (Å²) in [6.07, 6.45) is 16.4. The molecule has 1 saturated heterocycles. The van der Waals surface area contributed by atoms with Gasteiger partial charge in [0.1, 0.15) is 25.2 Å². The highest BCUT2D eigenvalue weighted by Gasteiger charge is 2.59. The number of cyclic esters (lactones) is 2. The van der Waals surface area contributed by atoms with Crippen LogP contribution in [0.25, 0.3) is 0 Å². The molecule has 0 radical (unpaired) electrons. The molecule has 3 saturated carbocycles. The van der Waals surface area contributed by atoms with Crippen LogP contribution in [0, 0.1) is 51.8 Å². The van der Waals surface area contributed by atoms with Crippen molar-refractivity contribution in [3.63, 3.8) is 0 Å². The third-order valence-electron chi connectivity index (χ3n) is 12.5. The van der Waals surface area contributed by atoms with Gasteiger partial charge < -0.3 is 14.2 Å². The van der Waals surface area contributed by atoms with E-state index in [-0.39, 0.29) is 25.9 Å². The molecule has 238 valence electrons. The smallest absolute Gasteiger partial charge is 0.464 e. The molecule has 4 fully saturated rings. The second-order valence-corrected chi connectivity index (χ2v) is 15.7. The molecule has 0 aromatic carbocycles. The molecule has 0 aromatic rings. The fourth-order valence-electron chi connectivity index (χ4n) is 9.93. The van der Waals surface area contributed by atoms with Gasteiger partial charge in [-0.05, 0) is 105 Å². The maximum atomic E-state index is 12.4. The zero-order chi connectivity index (χ0) is 30.1. The lowest BCUT2D eigenvalue weighted by Gasteiger charge is -2.58. The van der Waals surface area contributed by atoms with E-state index < -0.39 is 17.5 Å². The number of allylic oxidation sites excluding steroid dienone is 1. The van der Waals surface area contributed by atoms with Crippen LogP contribution in [0.3, 0.4) is 0 Å². The quantitative estimate of drug-likeness (QED) is 0.115. The molecule has 1 N–H and O–H groups in total. The minimum Gasteiger partial charge on any atom is -0.464 e. The monoisotopic (exact) mass is 587 g/mol. The Morgan fingerprint density at radius 2 is 1.79 bits per heavy atom. The van der Waals surface area contributed by atoms with Gasteiger partial charge in [0.15, 0.2) is 0 Å². The largest absolute Gasteiger partial charge is 0.508 e. The van der Waals surface area contributed by atoms with Gasteiger partial charge >= 0.3 is 12.1 Å². The van der Waals surface area contributed by atoms with Crippen molar-refractivity contribution in [3.8, 4) is 0 Å². The number of hydrogen-bond acceptors (Lipinski definition) is 7. The van der Waals surface area contributed by atoms with Crippen molar-refractivity contribution >= 4 is 12.1 Å². The first-order chi connectivity index (χ1) is 20.0. The Hall–Kier alpha value is -1.60. The lowest BCUT2D eigenvalue weighted by atomic mass is 9.47. The van der Waals surface area contributed by atoms with Gasteiger partial charge in [0, 0.05) is 0 Å². The van der Waals surface area contributed by atoms with Gasteiger partial charge in [-0.2, -0.15) is 5.48 Å². The number of nitrogens with one attached hydrogen (secondary N) is 1. The van der Waals surface area contributed by atoms with Gasteiger partial charge in [0.25, 0.3) is 0 Å². The van der Waals surface area contributed by atoms with E-state index in [0.717, 1.165) is 48.3 Å². The van der Waals surface area contributed by atoms with E-state index in [1.54, 1.807) is 12.5 Å². The van der Waals surface area contributed by atoms with Gasteiger partial charge in [-0.25, -0.2) is 4.79 Å². The molecule has 5 aliphatic rings. The van der Waals surface area contributed by atoms with E-state index in [9.17, 15) is 9.59 Å². The number of ether oxygens (including phenoxy) is 3. The standard InChI is InChI=1S/C35H57NO6/c1-23(2)8-7-9-24(3)28-12-13-29-27-11-10-25-20-26(14-16-34(25,5)30(27)15-17-35(28,29)6)42-36-18-19-39-31(37)33(4)21-40-32(38)41-22-33/h10,23-24,26-30,36H,7-9,11-22H2,1-6H3/t24-,26?,27+,28-,29+,30+,34+,35-/m1/s1. The molecular formula is C35H57NO6. The van der Waals surface area contributed by atoms with Crippen molar-refractivity contribution in [1.82, 2.24) is 5.48 Å². The topological polar surface area (TPSA) is 83.1 Å². The number of hydroxylamine groups is 1. The Labute approximate surface area is 254 Å². The molecule has 1 heterocycles. The molecule has 1 unspecified atom stereocenters. The van der Waals surface area contributed by atoms with Crippen molar-refractivity contribution in [2.75, 3.05) is 26.4 Å². The molecule has 7 heteroatoms. The van der Waals surface area contributed by atoms with Crippen LogP contribution < -0.4 is 5.48 Å². The molecular weight excluding hydrogens is 530 g/mol. The summed E-state index contributed by atoms with van der Waals surface area (Å²) in [6.45, 7) is 14.8. The molecule has 0 amide bonds. The summed E-state index contributed by atoms with van der Waals surface area (Å²) in [4.78, 5) is 29.6. The minimum atomic E-state index is -0.963. The summed E-state index contributed by atoms with van der Waals surface area (Å²) in [5, 5.41) is 0. The molecule has 0 bridgehead atoms. The summed E-state index contributed by atoms with van der Waals surface area (Å²) in [5.41, 5.74) is 4.54. The summed E-state index contributed by atoms with van der Waals surface area (Å²) in [6, 6.07) is 0. The van der Waals surface area contributed by atoms with E-state index >= 15 is 0 Å². The van der Waals surface area contributed by atoms with Crippen LogP contribution in [0.1, 0.15) is 112 Å². The van der Waals surface area contributed by atoms with E-state index in [4.69, 9.17) is 19.0 Å². The number of esters is 1. The Kier molecular flexibility index (Phi) is 9.69. The molecule has 42 heavy (non-hydrogen) atoms. The zero-order valence-corrected chi connectivity index (χ0v) is 27.2. The minimum absolute atomic E-state index is 0.0233.